The van der Waals surface area contributed by atoms with Crippen molar-refractivity contribution in [3.05, 3.63) is 53.1 Å². The molecule has 2 N–H and O–H groups in total. The number of carbonyl (C=O) groups excluding carboxylic acids is 3. The largest absolute Gasteiger partial charge is 0.469 e. The number of fused-ring (bicyclic) bond motifs is 1. The van der Waals surface area contributed by atoms with Crippen molar-refractivity contribution in [3.8, 4) is 0 Å². The molecule has 2 atom stereocenters. The Balaban J connectivity index is 1.94. The fourth-order valence-electron chi connectivity index (χ4n) is 3.35. The maximum atomic E-state index is 14.6. The van der Waals surface area contributed by atoms with Gasteiger partial charge >= 0.3 is 18.0 Å². The molecule has 0 fully saturated rings. The number of nitrogens with zero attached hydrogens (tertiary/aromatic N) is 2. The van der Waals surface area contributed by atoms with E-state index >= 15 is 0 Å². The average molecular weight is 422 g/mol. The normalized spacial score (nSPS) is 16.4. The number of urea groups is 1. The van der Waals surface area contributed by atoms with E-state index in [1.165, 1.54) is 11.2 Å². The lowest BCUT2D eigenvalue weighted by Gasteiger charge is -2.36. The van der Waals surface area contributed by atoms with E-state index in [9.17, 15) is 23.2 Å². The van der Waals surface area contributed by atoms with Gasteiger partial charge in [0.1, 0.15) is 23.7 Å². The first-order valence-corrected chi connectivity index (χ1v) is 9.04. The summed E-state index contributed by atoms with van der Waals surface area (Å²) in [5.41, 5.74) is 0.969. The lowest BCUT2D eigenvalue weighted by Crippen LogP contribution is -2.52. The van der Waals surface area contributed by atoms with Crippen molar-refractivity contribution in [3.63, 3.8) is 0 Å². The zero-order chi connectivity index (χ0) is 21.8. The molecule has 0 radical (unpaired) electrons. The zero-order valence-corrected chi connectivity index (χ0v) is 16.3. The minimum atomic E-state index is -1.31. The molecule has 0 bridgehead atoms. The zero-order valence-electron chi connectivity index (χ0n) is 16.3. The van der Waals surface area contributed by atoms with Crippen LogP contribution in [0.4, 0.5) is 13.6 Å². The van der Waals surface area contributed by atoms with Crippen LogP contribution in [0.1, 0.15) is 29.4 Å². The number of methoxy groups -OCH3 is 2. The van der Waals surface area contributed by atoms with Gasteiger partial charge in [-0.1, -0.05) is 0 Å². The summed E-state index contributed by atoms with van der Waals surface area (Å²) in [7, 11) is 2.26. The van der Waals surface area contributed by atoms with Gasteiger partial charge in [-0.3, -0.25) is 4.79 Å². The highest BCUT2D eigenvalue weighted by molar-refractivity contribution is 5.87. The van der Waals surface area contributed by atoms with Crippen LogP contribution in [-0.4, -0.2) is 59.6 Å². The summed E-state index contributed by atoms with van der Waals surface area (Å²) in [6, 6.07) is -0.175. The van der Waals surface area contributed by atoms with Crippen LogP contribution in [0.2, 0.25) is 0 Å². The summed E-state index contributed by atoms with van der Waals surface area (Å²) >= 11 is 0. The minimum absolute atomic E-state index is 0.0826. The van der Waals surface area contributed by atoms with E-state index in [1.807, 2.05) is 0 Å². The van der Waals surface area contributed by atoms with Crippen LogP contribution < -0.4 is 5.32 Å². The number of amides is 2. The molecule has 2 heterocycles. The van der Waals surface area contributed by atoms with E-state index in [0.29, 0.717) is 17.8 Å². The molecule has 1 aliphatic heterocycles. The van der Waals surface area contributed by atoms with Crippen molar-refractivity contribution in [2.45, 2.75) is 24.9 Å². The highest BCUT2D eigenvalue weighted by Gasteiger charge is 2.37. The summed E-state index contributed by atoms with van der Waals surface area (Å²) < 4.78 is 37.6. The number of rotatable bonds is 5. The molecule has 0 saturated carbocycles. The number of carbonyl (C=O) groups is 3. The number of H-pyrrole nitrogens is 1. The second-order valence-electron chi connectivity index (χ2n) is 6.58. The van der Waals surface area contributed by atoms with Gasteiger partial charge in [0, 0.05) is 24.2 Å². The third kappa shape index (κ3) is 4.24. The molecule has 1 aromatic carbocycles. The lowest BCUT2D eigenvalue weighted by atomic mass is 9.95. The molecule has 0 spiro atoms. The first-order chi connectivity index (χ1) is 14.3. The van der Waals surface area contributed by atoms with Gasteiger partial charge in [0.05, 0.1) is 32.7 Å². The maximum absolute atomic E-state index is 14.6. The Kier molecular flexibility index (Phi) is 6.28. The van der Waals surface area contributed by atoms with Gasteiger partial charge in [0.25, 0.3) is 0 Å². The standard InChI is InChI=1S/C19H20F2N4O5/c1-29-15(26)8-14(18(27)30-2)24-19(28)25-6-5-13-16(23-9-22-13)17(25)11-7-10(20)3-4-12(11)21/h3-4,7,9,14,17H,5-6,8H2,1-2H3,(H,22,23)(H,24,28). The van der Waals surface area contributed by atoms with Gasteiger partial charge in [-0.25, -0.2) is 23.4 Å². The van der Waals surface area contributed by atoms with Gasteiger partial charge < -0.3 is 24.7 Å². The number of aromatic nitrogens is 2. The molecule has 0 saturated heterocycles. The monoisotopic (exact) mass is 422 g/mol. The van der Waals surface area contributed by atoms with Crippen molar-refractivity contribution in [2.24, 2.45) is 0 Å². The van der Waals surface area contributed by atoms with E-state index in [4.69, 9.17) is 0 Å². The molecule has 2 amide bonds. The lowest BCUT2D eigenvalue weighted by molar-refractivity contribution is -0.149. The molecule has 1 aliphatic rings. The van der Waals surface area contributed by atoms with Crippen LogP contribution in [0.3, 0.4) is 0 Å². The highest BCUT2D eigenvalue weighted by Crippen LogP contribution is 2.35. The molecule has 2 aromatic rings. The number of esters is 2. The highest BCUT2D eigenvalue weighted by atomic mass is 19.1. The Morgan fingerprint density at radius 2 is 2.07 bits per heavy atom. The van der Waals surface area contributed by atoms with Crippen LogP contribution in [0.5, 0.6) is 0 Å². The number of nitrogens with one attached hydrogen (secondary N) is 2. The molecule has 3 rings (SSSR count). The van der Waals surface area contributed by atoms with E-state index < -0.39 is 48.1 Å². The minimum Gasteiger partial charge on any atom is -0.469 e. The summed E-state index contributed by atoms with van der Waals surface area (Å²) in [5.74, 6) is -2.96. The van der Waals surface area contributed by atoms with Crippen molar-refractivity contribution in [1.82, 2.24) is 20.2 Å². The number of benzene rings is 1. The first kappa shape index (κ1) is 21.2. The van der Waals surface area contributed by atoms with Gasteiger partial charge in [-0.05, 0) is 18.2 Å². The third-order valence-corrected chi connectivity index (χ3v) is 4.82. The van der Waals surface area contributed by atoms with Crippen LogP contribution in [0, 0.1) is 11.6 Å². The van der Waals surface area contributed by atoms with Crippen molar-refractivity contribution >= 4 is 18.0 Å². The predicted molar refractivity (Wildman–Crippen MR) is 98.2 cm³/mol. The summed E-state index contributed by atoms with van der Waals surface area (Å²) in [6.07, 6.45) is 1.34. The van der Waals surface area contributed by atoms with Crippen LogP contribution >= 0.6 is 0 Å². The smallest absolute Gasteiger partial charge is 0.329 e. The summed E-state index contributed by atoms with van der Waals surface area (Å²) in [5, 5.41) is 2.42. The number of halogens is 2. The number of aromatic amines is 1. The Morgan fingerprint density at radius 1 is 1.30 bits per heavy atom. The quantitative estimate of drug-likeness (QED) is 0.705. The number of hydrogen-bond donors (Lipinski definition) is 2. The first-order valence-electron chi connectivity index (χ1n) is 9.04. The predicted octanol–water partition coefficient (Wildman–Crippen LogP) is 1.45. The molecule has 0 aliphatic carbocycles. The van der Waals surface area contributed by atoms with E-state index in [1.54, 1.807) is 0 Å². The van der Waals surface area contributed by atoms with Crippen molar-refractivity contribution in [1.29, 1.82) is 0 Å². The maximum Gasteiger partial charge on any atom is 0.329 e. The Morgan fingerprint density at radius 3 is 2.77 bits per heavy atom. The Labute approximate surface area is 170 Å². The van der Waals surface area contributed by atoms with Crippen LogP contribution in [0.25, 0.3) is 0 Å². The van der Waals surface area contributed by atoms with Crippen molar-refractivity contribution in [2.75, 3.05) is 20.8 Å². The SMILES string of the molecule is COC(=O)CC(NC(=O)N1CCc2[nH]cnc2C1c1cc(F)ccc1F)C(=O)OC. The fourth-order valence-corrected chi connectivity index (χ4v) is 3.35. The average Bonchev–Trinajstić information content (AvgIpc) is 3.22. The van der Waals surface area contributed by atoms with Crippen molar-refractivity contribution < 1.29 is 32.6 Å². The molecule has 11 heteroatoms. The number of ether oxygens (including phenoxy) is 2. The summed E-state index contributed by atoms with van der Waals surface area (Å²) in [4.78, 5) is 44.9. The molecular weight excluding hydrogens is 402 g/mol. The van der Waals surface area contributed by atoms with E-state index in [-0.39, 0.29) is 12.1 Å². The molecule has 30 heavy (non-hydrogen) atoms. The Bertz CT molecular complexity index is 964. The van der Waals surface area contributed by atoms with Gasteiger partial charge in [0.15, 0.2) is 0 Å². The van der Waals surface area contributed by atoms with Gasteiger partial charge in [-0.2, -0.15) is 0 Å². The topological polar surface area (TPSA) is 114 Å². The fraction of sp³-hybridized carbons (Fsp3) is 0.368. The second kappa shape index (κ2) is 8.89. The molecular formula is C19H20F2N4O5. The molecule has 160 valence electrons. The second-order valence-corrected chi connectivity index (χ2v) is 6.58. The molecule has 1 aromatic heterocycles. The molecule has 2 unspecified atom stereocenters. The number of hydrogen-bond acceptors (Lipinski definition) is 6. The Hall–Kier alpha value is -3.50. The third-order valence-electron chi connectivity index (χ3n) is 4.82. The summed E-state index contributed by atoms with van der Waals surface area (Å²) in [6.45, 7) is 0.133. The van der Waals surface area contributed by atoms with Gasteiger partial charge in [-0.15, -0.1) is 0 Å². The van der Waals surface area contributed by atoms with Gasteiger partial charge in [0.2, 0.25) is 0 Å². The molecule has 9 nitrogen and oxygen atoms in total. The van der Waals surface area contributed by atoms with E-state index in [2.05, 4.69) is 24.8 Å². The van der Waals surface area contributed by atoms with E-state index in [0.717, 1.165) is 32.4 Å². The van der Waals surface area contributed by atoms with Crippen LogP contribution in [0.15, 0.2) is 24.5 Å². The number of imidazole rings is 1. The van der Waals surface area contributed by atoms with Crippen LogP contribution in [-0.2, 0) is 25.5 Å².